The predicted octanol–water partition coefficient (Wildman–Crippen LogP) is 2.82. The molecule has 0 amide bonds. The van der Waals surface area contributed by atoms with E-state index in [2.05, 4.69) is 49.7 Å². The summed E-state index contributed by atoms with van der Waals surface area (Å²) in [4.78, 5) is 5.43. The highest BCUT2D eigenvalue weighted by Gasteiger charge is 2.39. The van der Waals surface area contributed by atoms with Gasteiger partial charge >= 0.3 is 0 Å². The summed E-state index contributed by atoms with van der Waals surface area (Å²) < 4.78 is 0. The van der Waals surface area contributed by atoms with Crippen LogP contribution in [0.4, 0.5) is 0 Å². The zero-order valence-electron chi connectivity index (χ0n) is 14.9. The maximum absolute atomic E-state index is 3.86. The van der Waals surface area contributed by atoms with Crippen LogP contribution in [0.2, 0.25) is 0 Å². The highest BCUT2D eigenvalue weighted by atomic mass is 15.3. The van der Waals surface area contributed by atoms with Crippen molar-refractivity contribution in [2.75, 3.05) is 32.7 Å². The Morgan fingerprint density at radius 1 is 1.05 bits per heavy atom. The molecule has 1 heterocycles. The van der Waals surface area contributed by atoms with Crippen LogP contribution in [0.5, 0.6) is 0 Å². The Kier molecular flexibility index (Phi) is 6.51. The summed E-state index contributed by atoms with van der Waals surface area (Å²) in [5, 5.41) is 3.86. The maximum atomic E-state index is 3.86. The van der Waals surface area contributed by atoms with Crippen LogP contribution in [0, 0.1) is 11.8 Å². The molecule has 1 aliphatic carbocycles. The summed E-state index contributed by atoms with van der Waals surface area (Å²) >= 11 is 0. The van der Waals surface area contributed by atoms with Gasteiger partial charge in [0.1, 0.15) is 0 Å². The minimum Gasteiger partial charge on any atom is -0.312 e. The van der Waals surface area contributed by atoms with Gasteiger partial charge in [-0.1, -0.05) is 27.7 Å². The van der Waals surface area contributed by atoms with Gasteiger partial charge in [-0.3, -0.25) is 9.80 Å². The van der Waals surface area contributed by atoms with Gasteiger partial charge in [0.25, 0.3) is 0 Å². The Bertz CT molecular complexity index is 307. The molecule has 5 unspecified atom stereocenters. The zero-order chi connectivity index (χ0) is 15.4. The molecule has 0 spiro atoms. The average Bonchev–Trinajstić information content (AvgIpc) is 2.44. The number of nitrogens with one attached hydrogen (secondary N) is 1. The summed E-state index contributed by atoms with van der Waals surface area (Å²) in [5.74, 6) is 1.70. The van der Waals surface area contributed by atoms with E-state index in [1.165, 1.54) is 52.0 Å². The van der Waals surface area contributed by atoms with Gasteiger partial charge in [0.2, 0.25) is 0 Å². The molecule has 2 aliphatic rings. The molecule has 124 valence electrons. The Morgan fingerprint density at radius 2 is 1.81 bits per heavy atom. The fourth-order valence-electron chi connectivity index (χ4n) is 4.75. The maximum Gasteiger partial charge on any atom is 0.0276 e. The van der Waals surface area contributed by atoms with Crippen molar-refractivity contribution in [2.45, 2.75) is 72.0 Å². The minimum atomic E-state index is 0.698. The van der Waals surface area contributed by atoms with Crippen molar-refractivity contribution < 1.29 is 0 Å². The lowest BCUT2D eigenvalue weighted by Crippen LogP contribution is -2.62. The van der Waals surface area contributed by atoms with E-state index < -0.39 is 0 Å². The Balaban J connectivity index is 2.03. The molecule has 0 bridgehead atoms. The van der Waals surface area contributed by atoms with E-state index in [9.17, 15) is 0 Å². The van der Waals surface area contributed by atoms with Crippen LogP contribution in [0.25, 0.3) is 0 Å². The molecule has 21 heavy (non-hydrogen) atoms. The SMILES string of the molecule is CCCNC1CC(C)CC(C)C1N1CCN(CC)C(C)C1. The molecule has 0 aromatic heterocycles. The second-order valence-corrected chi connectivity index (χ2v) is 7.58. The lowest BCUT2D eigenvalue weighted by molar-refractivity contribution is 0.00359. The van der Waals surface area contributed by atoms with Gasteiger partial charge in [-0.2, -0.15) is 0 Å². The molecule has 0 radical (unpaired) electrons. The first-order chi connectivity index (χ1) is 10.1. The van der Waals surface area contributed by atoms with E-state index in [1.54, 1.807) is 0 Å². The number of nitrogens with zero attached hydrogens (tertiary/aromatic N) is 2. The van der Waals surface area contributed by atoms with E-state index in [0.717, 1.165) is 17.9 Å². The van der Waals surface area contributed by atoms with E-state index >= 15 is 0 Å². The highest BCUT2D eigenvalue weighted by molar-refractivity contribution is 4.96. The summed E-state index contributed by atoms with van der Waals surface area (Å²) in [7, 11) is 0. The van der Waals surface area contributed by atoms with Crippen molar-refractivity contribution in [3.63, 3.8) is 0 Å². The smallest absolute Gasteiger partial charge is 0.0276 e. The monoisotopic (exact) mass is 295 g/mol. The van der Waals surface area contributed by atoms with Crippen LogP contribution >= 0.6 is 0 Å². The van der Waals surface area contributed by atoms with Crippen molar-refractivity contribution in [1.82, 2.24) is 15.1 Å². The van der Waals surface area contributed by atoms with Crippen molar-refractivity contribution in [1.29, 1.82) is 0 Å². The molecule has 5 atom stereocenters. The lowest BCUT2D eigenvalue weighted by Gasteiger charge is -2.50. The Hall–Kier alpha value is -0.120. The predicted molar refractivity (Wildman–Crippen MR) is 91.7 cm³/mol. The van der Waals surface area contributed by atoms with Crippen molar-refractivity contribution in [3.8, 4) is 0 Å². The van der Waals surface area contributed by atoms with E-state index in [1.807, 2.05) is 0 Å². The molecule has 1 saturated heterocycles. The quantitative estimate of drug-likeness (QED) is 0.841. The van der Waals surface area contributed by atoms with Gasteiger partial charge in [-0.05, 0) is 51.1 Å². The van der Waals surface area contributed by atoms with Gasteiger partial charge in [0, 0.05) is 37.8 Å². The van der Waals surface area contributed by atoms with Gasteiger partial charge in [-0.25, -0.2) is 0 Å². The molecule has 0 aromatic rings. The first-order valence-electron chi connectivity index (χ1n) is 9.28. The van der Waals surface area contributed by atoms with E-state index in [0.29, 0.717) is 12.1 Å². The average molecular weight is 296 g/mol. The number of hydrogen-bond acceptors (Lipinski definition) is 3. The fourth-order valence-corrected chi connectivity index (χ4v) is 4.75. The molecule has 0 aromatic carbocycles. The third-order valence-electron chi connectivity index (χ3n) is 5.71. The largest absolute Gasteiger partial charge is 0.312 e. The first-order valence-corrected chi connectivity index (χ1v) is 9.28. The second-order valence-electron chi connectivity index (χ2n) is 7.58. The van der Waals surface area contributed by atoms with Gasteiger partial charge in [-0.15, -0.1) is 0 Å². The van der Waals surface area contributed by atoms with Crippen LogP contribution < -0.4 is 5.32 Å². The van der Waals surface area contributed by atoms with Crippen LogP contribution in [0.1, 0.15) is 53.9 Å². The number of hydrogen-bond donors (Lipinski definition) is 1. The highest BCUT2D eigenvalue weighted by Crippen LogP contribution is 2.33. The van der Waals surface area contributed by atoms with Crippen LogP contribution in [-0.2, 0) is 0 Å². The van der Waals surface area contributed by atoms with Crippen LogP contribution in [0.3, 0.4) is 0 Å². The zero-order valence-corrected chi connectivity index (χ0v) is 14.9. The molecule has 3 nitrogen and oxygen atoms in total. The molecular formula is C18H37N3. The number of rotatable bonds is 5. The Morgan fingerprint density at radius 3 is 2.43 bits per heavy atom. The molecular weight excluding hydrogens is 258 g/mol. The summed E-state index contributed by atoms with van der Waals surface area (Å²) in [6, 6.07) is 2.15. The summed E-state index contributed by atoms with van der Waals surface area (Å²) in [6.07, 6.45) is 4.00. The first kappa shape index (κ1) is 17.2. The van der Waals surface area contributed by atoms with Crippen molar-refractivity contribution in [3.05, 3.63) is 0 Å². The molecule has 1 aliphatic heterocycles. The summed E-state index contributed by atoms with van der Waals surface area (Å²) in [6.45, 7) is 18.0. The van der Waals surface area contributed by atoms with Crippen LogP contribution in [-0.4, -0.2) is 60.6 Å². The molecule has 1 saturated carbocycles. The third-order valence-corrected chi connectivity index (χ3v) is 5.71. The topological polar surface area (TPSA) is 18.5 Å². The van der Waals surface area contributed by atoms with E-state index in [4.69, 9.17) is 0 Å². The Labute approximate surface area is 132 Å². The van der Waals surface area contributed by atoms with Crippen LogP contribution in [0.15, 0.2) is 0 Å². The molecule has 2 rings (SSSR count). The fraction of sp³-hybridized carbons (Fsp3) is 1.00. The van der Waals surface area contributed by atoms with Crippen molar-refractivity contribution >= 4 is 0 Å². The van der Waals surface area contributed by atoms with Gasteiger partial charge < -0.3 is 5.32 Å². The standard InChI is InChI=1S/C18H37N3/c1-6-8-19-17-12-14(3)11-15(4)18(17)21-10-9-20(7-2)16(5)13-21/h14-19H,6-13H2,1-5H3. The molecule has 3 heteroatoms. The second kappa shape index (κ2) is 7.94. The lowest BCUT2D eigenvalue weighted by atomic mass is 9.75. The van der Waals surface area contributed by atoms with Gasteiger partial charge in [0.05, 0.1) is 0 Å². The normalized spacial score (nSPS) is 39.6. The number of likely N-dealkylation sites (N-methyl/N-ethyl adjacent to an activating group) is 1. The van der Waals surface area contributed by atoms with Crippen molar-refractivity contribution in [2.24, 2.45) is 11.8 Å². The number of piperazine rings is 1. The third kappa shape index (κ3) is 4.20. The minimum absolute atomic E-state index is 0.698. The molecule has 1 N–H and O–H groups in total. The molecule has 2 fully saturated rings. The van der Waals surface area contributed by atoms with E-state index in [-0.39, 0.29) is 0 Å². The van der Waals surface area contributed by atoms with Gasteiger partial charge in [0.15, 0.2) is 0 Å². The summed E-state index contributed by atoms with van der Waals surface area (Å²) in [5.41, 5.74) is 0.